The van der Waals surface area contributed by atoms with Crippen LogP contribution in [-0.4, -0.2) is 58.8 Å². The highest BCUT2D eigenvalue weighted by molar-refractivity contribution is 6.99. The zero-order valence-corrected chi connectivity index (χ0v) is 28.7. The van der Waals surface area contributed by atoms with Crippen molar-refractivity contribution in [3.63, 3.8) is 0 Å². The minimum absolute atomic E-state index is 0.139. The molecule has 2 amide bonds. The monoisotopic (exact) mass is 642 g/mol. The topological polar surface area (TPSA) is 120 Å². The number of tetrazole rings is 1. The van der Waals surface area contributed by atoms with E-state index < -0.39 is 32.0 Å². The molecule has 0 aliphatic carbocycles. The summed E-state index contributed by atoms with van der Waals surface area (Å²) in [5.74, 6) is -0.234. The molecule has 0 aliphatic rings. The van der Waals surface area contributed by atoms with E-state index in [1.807, 2.05) is 42.5 Å². The molecular formula is C35H46N6O4Si. The number of carbonyl (C=O) groups excluding carboxylic acids is 2. The maximum Gasteiger partial charge on any atom is 0.408 e. The van der Waals surface area contributed by atoms with Crippen molar-refractivity contribution in [2.45, 2.75) is 84.0 Å². The number of amides is 2. The lowest BCUT2D eigenvalue weighted by Crippen LogP contribution is -2.66. The summed E-state index contributed by atoms with van der Waals surface area (Å²) in [5.41, 5.74) is 0.267. The Labute approximate surface area is 273 Å². The van der Waals surface area contributed by atoms with E-state index in [2.05, 4.69) is 95.5 Å². The first-order valence-corrected chi connectivity index (χ1v) is 17.7. The maximum atomic E-state index is 13.5. The number of aromatic nitrogens is 4. The fraction of sp³-hybridized carbons (Fsp3) is 0.400. The molecule has 0 spiro atoms. The lowest BCUT2D eigenvalue weighted by atomic mass is 10.1. The molecule has 0 bridgehead atoms. The molecule has 1 aromatic heterocycles. The first-order chi connectivity index (χ1) is 21.9. The van der Waals surface area contributed by atoms with E-state index in [0.717, 1.165) is 5.56 Å². The number of hydrogen-bond donors (Lipinski definition) is 2. The van der Waals surface area contributed by atoms with Crippen molar-refractivity contribution in [3.05, 3.63) is 96.6 Å². The second-order valence-electron chi connectivity index (χ2n) is 13.3. The summed E-state index contributed by atoms with van der Waals surface area (Å²) in [6.07, 6.45) is 1.02. The van der Waals surface area contributed by atoms with Gasteiger partial charge in [0, 0.05) is 6.61 Å². The van der Waals surface area contributed by atoms with E-state index in [-0.39, 0.29) is 11.0 Å². The van der Waals surface area contributed by atoms with Gasteiger partial charge in [-0.05, 0) is 71.4 Å². The van der Waals surface area contributed by atoms with Crippen molar-refractivity contribution in [3.8, 4) is 0 Å². The highest BCUT2D eigenvalue weighted by atomic mass is 28.4. The molecule has 0 radical (unpaired) electrons. The molecule has 4 aromatic rings. The Balaban J connectivity index is 1.46. The zero-order valence-electron chi connectivity index (χ0n) is 27.7. The molecule has 10 nitrogen and oxygen atoms in total. The highest BCUT2D eigenvalue weighted by Crippen LogP contribution is 2.36. The van der Waals surface area contributed by atoms with Gasteiger partial charge in [0.15, 0.2) is 0 Å². The number of anilines is 1. The average Bonchev–Trinajstić information content (AvgIpc) is 3.44. The number of ether oxygens (including phenoxy) is 1. The van der Waals surface area contributed by atoms with E-state index in [0.29, 0.717) is 32.4 Å². The molecule has 0 saturated heterocycles. The number of rotatable bonds is 13. The van der Waals surface area contributed by atoms with Crippen molar-refractivity contribution in [1.82, 2.24) is 25.5 Å². The Bertz CT molecular complexity index is 1500. The molecule has 4 rings (SSSR count). The van der Waals surface area contributed by atoms with Crippen LogP contribution in [0.2, 0.25) is 5.04 Å². The van der Waals surface area contributed by atoms with Gasteiger partial charge < -0.3 is 14.5 Å². The van der Waals surface area contributed by atoms with Crippen molar-refractivity contribution in [2.24, 2.45) is 0 Å². The lowest BCUT2D eigenvalue weighted by molar-refractivity contribution is -0.118. The van der Waals surface area contributed by atoms with Crippen molar-refractivity contribution >= 4 is 36.6 Å². The van der Waals surface area contributed by atoms with E-state index in [4.69, 9.17) is 9.16 Å². The van der Waals surface area contributed by atoms with Crippen molar-refractivity contribution in [1.29, 1.82) is 0 Å². The Hall–Kier alpha value is -4.35. The number of nitrogens with zero attached hydrogens (tertiary/aromatic N) is 4. The molecule has 2 N–H and O–H groups in total. The van der Waals surface area contributed by atoms with Crippen molar-refractivity contribution < 1.29 is 18.8 Å². The molecule has 0 aliphatic heterocycles. The lowest BCUT2D eigenvalue weighted by Gasteiger charge is -2.43. The molecule has 0 unspecified atom stereocenters. The van der Waals surface area contributed by atoms with Crippen LogP contribution in [0.3, 0.4) is 0 Å². The van der Waals surface area contributed by atoms with Gasteiger partial charge in [-0.1, -0.05) is 117 Å². The number of unbranched alkanes of at least 4 members (excludes halogenated alkanes) is 1. The predicted molar refractivity (Wildman–Crippen MR) is 183 cm³/mol. The van der Waals surface area contributed by atoms with Crippen molar-refractivity contribution in [2.75, 3.05) is 11.9 Å². The van der Waals surface area contributed by atoms with Gasteiger partial charge in [-0.3, -0.25) is 10.1 Å². The first-order valence-electron chi connectivity index (χ1n) is 15.7. The van der Waals surface area contributed by atoms with Crippen LogP contribution in [0, 0.1) is 0 Å². The van der Waals surface area contributed by atoms with Gasteiger partial charge in [0.1, 0.15) is 11.6 Å². The summed E-state index contributed by atoms with van der Waals surface area (Å²) < 4.78 is 14.0. The van der Waals surface area contributed by atoms with Crippen LogP contribution in [-0.2, 0) is 20.5 Å². The zero-order chi connectivity index (χ0) is 33.2. The number of carbonyl (C=O) groups is 2. The summed E-state index contributed by atoms with van der Waals surface area (Å²) in [4.78, 5) is 26.3. The number of nitrogens with one attached hydrogen (secondary N) is 2. The largest absolute Gasteiger partial charge is 0.444 e. The van der Waals surface area contributed by atoms with Gasteiger partial charge in [0.05, 0.1) is 6.54 Å². The molecule has 3 aromatic carbocycles. The predicted octanol–water partition coefficient (Wildman–Crippen LogP) is 5.30. The van der Waals surface area contributed by atoms with Gasteiger partial charge in [0.25, 0.3) is 8.32 Å². The van der Waals surface area contributed by atoms with Gasteiger partial charge in [-0.2, -0.15) is 0 Å². The summed E-state index contributed by atoms with van der Waals surface area (Å²) in [7, 11) is -2.68. The molecule has 1 atom stereocenters. The standard InChI is InChI=1S/C35H46N6O4Si/c1-34(2,3)45-33(43)36-30(31(42)37-32-38-39-40-41(32)26-27-18-10-7-11-19-27)24-16-17-25-44-46(35(4,5)6,28-20-12-8-13-21-28)29-22-14-9-15-23-29/h7-15,18-23,30H,16-17,24-26H2,1-6H3,(H,36,43)(H,37,38,40,42)/t30-/m0/s1. The van der Waals surface area contributed by atoms with Crippen LogP contribution in [0.5, 0.6) is 0 Å². The Kier molecular flexibility index (Phi) is 11.5. The van der Waals surface area contributed by atoms with E-state index in [1.54, 1.807) is 20.8 Å². The normalized spacial score (nSPS) is 12.7. The van der Waals surface area contributed by atoms with E-state index in [1.165, 1.54) is 15.1 Å². The molecule has 0 fully saturated rings. The van der Waals surface area contributed by atoms with Gasteiger partial charge >= 0.3 is 6.09 Å². The molecule has 244 valence electrons. The third-order valence-electron chi connectivity index (χ3n) is 7.57. The average molecular weight is 643 g/mol. The minimum Gasteiger partial charge on any atom is -0.444 e. The van der Waals surface area contributed by atoms with Crippen LogP contribution in [0.15, 0.2) is 91.0 Å². The third kappa shape index (κ3) is 9.10. The Morgan fingerprint density at radius 1 is 0.826 bits per heavy atom. The van der Waals surface area contributed by atoms with Gasteiger partial charge in [0.2, 0.25) is 11.9 Å². The summed E-state index contributed by atoms with van der Waals surface area (Å²) in [6.45, 7) is 13.0. The molecule has 46 heavy (non-hydrogen) atoms. The molecule has 0 saturated carbocycles. The summed E-state index contributed by atoms with van der Waals surface area (Å²) >= 11 is 0. The van der Waals surface area contributed by atoms with Gasteiger partial charge in [-0.25, -0.2) is 9.48 Å². The fourth-order valence-corrected chi connectivity index (χ4v) is 10.1. The fourth-order valence-electron chi connectivity index (χ4n) is 5.51. The molecule has 11 heteroatoms. The quantitative estimate of drug-likeness (QED) is 0.150. The maximum absolute atomic E-state index is 13.5. The Morgan fingerprint density at radius 2 is 1.39 bits per heavy atom. The summed E-state index contributed by atoms with van der Waals surface area (Å²) in [5, 5.41) is 19.6. The van der Waals surface area contributed by atoms with Crippen LogP contribution >= 0.6 is 0 Å². The van der Waals surface area contributed by atoms with Crippen LogP contribution in [0.1, 0.15) is 66.4 Å². The van der Waals surface area contributed by atoms with E-state index >= 15 is 0 Å². The Morgan fingerprint density at radius 3 is 1.93 bits per heavy atom. The molecular weight excluding hydrogens is 597 g/mol. The minimum atomic E-state index is -2.68. The van der Waals surface area contributed by atoms with E-state index in [9.17, 15) is 9.59 Å². The number of hydrogen-bond acceptors (Lipinski definition) is 7. The van der Waals surface area contributed by atoms with Crippen LogP contribution in [0.4, 0.5) is 10.7 Å². The third-order valence-corrected chi connectivity index (χ3v) is 12.6. The van der Waals surface area contributed by atoms with Gasteiger partial charge in [-0.15, -0.1) is 0 Å². The number of benzene rings is 3. The smallest absolute Gasteiger partial charge is 0.408 e. The second kappa shape index (κ2) is 15.3. The summed E-state index contributed by atoms with van der Waals surface area (Å²) in [6, 6.07) is 29.8. The number of alkyl carbamates (subject to hydrolysis) is 1. The van der Waals surface area contributed by atoms with Crippen LogP contribution < -0.4 is 21.0 Å². The first kappa shape index (κ1) is 34.5. The second-order valence-corrected chi connectivity index (χ2v) is 17.6. The van der Waals surface area contributed by atoms with Crippen LogP contribution in [0.25, 0.3) is 0 Å². The highest BCUT2D eigenvalue weighted by Gasteiger charge is 2.50. The molecule has 1 heterocycles. The SMILES string of the molecule is CC(C)(C)OC(=O)N[C@@H](CCCCO[Si](c1ccccc1)(c1ccccc1)C(C)(C)C)C(=O)Nc1nnnn1Cc1ccccc1.